The van der Waals surface area contributed by atoms with Gasteiger partial charge in [-0.15, -0.1) is 0 Å². The molecule has 21 heavy (non-hydrogen) atoms. The zero-order chi connectivity index (χ0) is 15.6. The summed E-state index contributed by atoms with van der Waals surface area (Å²) in [6, 6.07) is 11.6. The van der Waals surface area contributed by atoms with Crippen LogP contribution in [0.2, 0.25) is 0 Å². The number of hydrogen-bond acceptors (Lipinski definition) is 3. The highest BCUT2D eigenvalue weighted by Crippen LogP contribution is 2.23. The standard InChI is InChI=1S/C14H13BrN2O2S2/c1-9-7-11(15)5-6-13(9)17-21(18,19)12-4-2-3-10(8-12)14(16)20/h2-8,17H,1H3,(H2,16,20). The van der Waals surface area contributed by atoms with Crippen molar-refractivity contribution in [1.29, 1.82) is 0 Å². The van der Waals surface area contributed by atoms with Crippen LogP contribution < -0.4 is 10.5 Å². The minimum Gasteiger partial charge on any atom is -0.389 e. The van der Waals surface area contributed by atoms with Crippen LogP contribution in [-0.4, -0.2) is 13.4 Å². The fourth-order valence-electron chi connectivity index (χ4n) is 1.76. The quantitative estimate of drug-likeness (QED) is 0.793. The number of sulfonamides is 1. The molecule has 0 spiro atoms. The summed E-state index contributed by atoms with van der Waals surface area (Å²) in [6.45, 7) is 1.83. The normalized spacial score (nSPS) is 11.1. The maximum Gasteiger partial charge on any atom is 0.261 e. The van der Waals surface area contributed by atoms with Crippen molar-refractivity contribution in [1.82, 2.24) is 0 Å². The number of rotatable bonds is 4. The maximum atomic E-state index is 12.4. The summed E-state index contributed by atoms with van der Waals surface area (Å²) in [5, 5.41) is 0. The van der Waals surface area contributed by atoms with Crippen molar-refractivity contribution in [3.8, 4) is 0 Å². The van der Waals surface area contributed by atoms with Crippen LogP contribution in [0.15, 0.2) is 51.8 Å². The number of anilines is 1. The largest absolute Gasteiger partial charge is 0.389 e. The minimum atomic E-state index is -3.69. The van der Waals surface area contributed by atoms with Gasteiger partial charge in [-0.2, -0.15) is 0 Å². The predicted octanol–water partition coefficient (Wildman–Crippen LogP) is 3.19. The summed E-state index contributed by atoms with van der Waals surface area (Å²) in [5.74, 6) is 0. The summed E-state index contributed by atoms with van der Waals surface area (Å²) in [5.41, 5.74) is 7.39. The van der Waals surface area contributed by atoms with Crippen molar-refractivity contribution in [3.63, 3.8) is 0 Å². The Hall–Kier alpha value is -1.44. The van der Waals surface area contributed by atoms with Gasteiger partial charge in [0, 0.05) is 10.0 Å². The van der Waals surface area contributed by atoms with E-state index in [-0.39, 0.29) is 9.88 Å². The fourth-order valence-corrected chi connectivity index (χ4v) is 3.54. The highest BCUT2D eigenvalue weighted by Gasteiger charge is 2.16. The molecule has 2 rings (SSSR count). The number of aryl methyl sites for hydroxylation is 1. The van der Waals surface area contributed by atoms with Crippen LogP contribution >= 0.6 is 28.1 Å². The van der Waals surface area contributed by atoms with Crippen LogP contribution in [-0.2, 0) is 10.0 Å². The molecule has 0 heterocycles. The van der Waals surface area contributed by atoms with Crippen LogP contribution in [0.1, 0.15) is 11.1 Å². The topological polar surface area (TPSA) is 72.2 Å². The third-order valence-corrected chi connectivity index (χ3v) is 4.95. The average molecular weight is 385 g/mol. The Morgan fingerprint density at radius 1 is 1.24 bits per heavy atom. The van der Waals surface area contributed by atoms with E-state index in [0.29, 0.717) is 11.3 Å². The lowest BCUT2D eigenvalue weighted by molar-refractivity contribution is 0.601. The van der Waals surface area contributed by atoms with Crippen molar-refractivity contribution in [2.75, 3.05) is 4.72 Å². The lowest BCUT2D eigenvalue weighted by Crippen LogP contribution is -2.15. The summed E-state index contributed by atoms with van der Waals surface area (Å²) in [4.78, 5) is 0.280. The van der Waals surface area contributed by atoms with Gasteiger partial charge in [-0.3, -0.25) is 4.72 Å². The molecular formula is C14H13BrN2O2S2. The molecule has 0 unspecified atom stereocenters. The van der Waals surface area contributed by atoms with Crippen molar-refractivity contribution in [2.24, 2.45) is 5.73 Å². The Balaban J connectivity index is 2.38. The molecule has 110 valence electrons. The van der Waals surface area contributed by atoms with Crippen LogP contribution in [0.25, 0.3) is 0 Å². The SMILES string of the molecule is Cc1cc(Br)ccc1NS(=O)(=O)c1cccc(C(N)=S)c1. The van der Waals surface area contributed by atoms with E-state index in [0.717, 1.165) is 10.0 Å². The Morgan fingerprint density at radius 2 is 1.95 bits per heavy atom. The Bertz CT molecular complexity index is 804. The molecule has 0 bridgehead atoms. The number of nitrogens with two attached hydrogens (primary N) is 1. The molecule has 7 heteroatoms. The molecule has 2 aromatic rings. The van der Waals surface area contributed by atoms with Crippen molar-refractivity contribution in [2.45, 2.75) is 11.8 Å². The monoisotopic (exact) mass is 384 g/mol. The van der Waals surface area contributed by atoms with Gasteiger partial charge in [-0.05, 0) is 42.8 Å². The lowest BCUT2D eigenvalue weighted by Gasteiger charge is -2.11. The summed E-state index contributed by atoms with van der Waals surface area (Å²) >= 11 is 8.21. The van der Waals surface area contributed by atoms with E-state index in [1.54, 1.807) is 24.3 Å². The molecule has 0 atom stereocenters. The lowest BCUT2D eigenvalue weighted by atomic mass is 10.2. The maximum absolute atomic E-state index is 12.4. The van der Waals surface area contributed by atoms with Crippen LogP contribution in [0.5, 0.6) is 0 Å². The molecule has 0 aliphatic rings. The van der Waals surface area contributed by atoms with Crippen LogP contribution in [0.4, 0.5) is 5.69 Å². The second kappa shape index (κ2) is 6.13. The first-order chi connectivity index (χ1) is 9.79. The molecule has 0 radical (unpaired) electrons. The number of hydrogen-bond donors (Lipinski definition) is 2. The zero-order valence-electron chi connectivity index (χ0n) is 11.1. The van der Waals surface area contributed by atoms with Crippen LogP contribution in [0.3, 0.4) is 0 Å². The van der Waals surface area contributed by atoms with Crippen LogP contribution in [0, 0.1) is 6.92 Å². The second-order valence-electron chi connectivity index (χ2n) is 4.46. The average Bonchev–Trinajstić information content (AvgIpc) is 2.42. The third kappa shape index (κ3) is 3.81. The number of nitrogens with one attached hydrogen (secondary N) is 1. The molecule has 4 nitrogen and oxygen atoms in total. The van der Waals surface area contributed by atoms with E-state index in [9.17, 15) is 8.42 Å². The molecule has 3 N–H and O–H groups in total. The van der Waals surface area contributed by atoms with Gasteiger partial charge < -0.3 is 5.73 Å². The van der Waals surface area contributed by atoms with Gasteiger partial charge in [0.1, 0.15) is 4.99 Å². The van der Waals surface area contributed by atoms with E-state index < -0.39 is 10.0 Å². The molecule has 0 aliphatic heterocycles. The van der Waals surface area contributed by atoms with E-state index in [1.807, 2.05) is 13.0 Å². The molecule has 0 aromatic heterocycles. The number of halogens is 1. The molecule has 0 amide bonds. The number of benzene rings is 2. The summed E-state index contributed by atoms with van der Waals surface area (Å²) in [7, 11) is -3.69. The fraction of sp³-hybridized carbons (Fsp3) is 0.0714. The summed E-state index contributed by atoms with van der Waals surface area (Å²) in [6.07, 6.45) is 0. The van der Waals surface area contributed by atoms with Crippen molar-refractivity contribution >= 4 is 48.8 Å². The van der Waals surface area contributed by atoms with Gasteiger partial charge >= 0.3 is 0 Å². The minimum absolute atomic E-state index is 0.120. The van der Waals surface area contributed by atoms with Gasteiger partial charge in [-0.25, -0.2) is 8.42 Å². The van der Waals surface area contributed by atoms with Crippen molar-refractivity contribution < 1.29 is 8.42 Å². The summed E-state index contributed by atoms with van der Waals surface area (Å²) < 4.78 is 28.3. The highest BCUT2D eigenvalue weighted by molar-refractivity contribution is 9.10. The van der Waals surface area contributed by atoms with Gasteiger partial charge in [0.2, 0.25) is 0 Å². The molecule has 0 saturated carbocycles. The van der Waals surface area contributed by atoms with Crippen molar-refractivity contribution in [3.05, 3.63) is 58.1 Å². The molecule has 2 aromatic carbocycles. The first-order valence-corrected chi connectivity index (χ1v) is 8.67. The Morgan fingerprint density at radius 3 is 2.57 bits per heavy atom. The molecule has 0 saturated heterocycles. The molecule has 0 fully saturated rings. The van der Waals surface area contributed by atoms with E-state index in [2.05, 4.69) is 20.7 Å². The Kier molecular flexibility index (Phi) is 4.65. The number of thiocarbonyl (C=S) groups is 1. The van der Waals surface area contributed by atoms with E-state index in [1.165, 1.54) is 12.1 Å². The van der Waals surface area contributed by atoms with Gasteiger partial charge in [0.25, 0.3) is 10.0 Å². The van der Waals surface area contributed by atoms with E-state index in [4.69, 9.17) is 18.0 Å². The Labute approximate surface area is 137 Å². The third-order valence-electron chi connectivity index (χ3n) is 2.86. The van der Waals surface area contributed by atoms with Gasteiger partial charge in [-0.1, -0.05) is 40.3 Å². The zero-order valence-corrected chi connectivity index (χ0v) is 14.3. The van der Waals surface area contributed by atoms with Gasteiger partial charge in [0.05, 0.1) is 10.6 Å². The molecular weight excluding hydrogens is 372 g/mol. The first-order valence-electron chi connectivity index (χ1n) is 5.98. The second-order valence-corrected chi connectivity index (χ2v) is 7.49. The predicted molar refractivity (Wildman–Crippen MR) is 92.0 cm³/mol. The smallest absolute Gasteiger partial charge is 0.261 e. The first kappa shape index (κ1) is 15.9. The van der Waals surface area contributed by atoms with Gasteiger partial charge in [0.15, 0.2) is 0 Å². The highest BCUT2D eigenvalue weighted by atomic mass is 79.9. The van der Waals surface area contributed by atoms with E-state index >= 15 is 0 Å². The molecule has 0 aliphatic carbocycles.